The minimum Gasteiger partial charge on any atom is -0.380 e. The second-order valence-electron chi connectivity index (χ2n) is 11.4. The van der Waals surface area contributed by atoms with E-state index in [-0.39, 0.29) is 70.1 Å². The summed E-state index contributed by atoms with van der Waals surface area (Å²) in [5.74, 6) is 0.662. The summed E-state index contributed by atoms with van der Waals surface area (Å²) in [7, 11) is 3.45. The van der Waals surface area contributed by atoms with Gasteiger partial charge in [0, 0.05) is 64.3 Å². The van der Waals surface area contributed by atoms with Crippen LogP contribution in [-0.4, -0.2) is 104 Å². The Hall–Kier alpha value is -0.660. The minimum absolute atomic E-state index is 0.0161. The lowest BCUT2D eigenvalue weighted by Gasteiger charge is -2.45. The highest BCUT2D eigenvalue weighted by Gasteiger charge is 2.47. The maximum atomic E-state index is 13.6. The zero-order chi connectivity index (χ0) is 26.1. The number of carbonyl (C=O) groups is 2. The van der Waals surface area contributed by atoms with Crippen molar-refractivity contribution in [3.05, 3.63) is 0 Å². The number of carbonyl (C=O) groups excluding carboxylic acids is 2. The first kappa shape index (κ1) is 27.9. The van der Waals surface area contributed by atoms with Gasteiger partial charge >= 0.3 is 0 Å². The van der Waals surface area contributed by atoms with E-state index in [1.807, 2.05) is 4.90 Å². The average molecular weight is 559 g/mol. The van der Waals surface area contributed by atoms with Crippen LogP contribution in [0.3, 0.4) is 0 Å². The van der Waals surface area contributed by atoms with E-state index >= 15 is 0 Å². The average Bonchev–Trinajstić information content (AvgIpc) is 3.47. The molecule has 2 amide bonds. The molecule has 0 bridgehead atoms. The number of amides is 2. The number of piperidine rings is 3. The number of alkyl halides is 1. The molecule has 12 heteroatoms. The molecule has 0 aromatic rings. The molecule has 5 fully saturated rings. The van der Waals surface area contributed by atoms with Crippen LogP contribution in [0.2, 0.25) is 0 Å². The van der Waals surface area contributed by atoms with Crippen molar-refractivity contribution in [2.24, 2.45) is 23.7 Å². The van der Waals surface area contributed by atoms with Gasteiger partial charge in [-0.15, -0.1) is 23.4 Å². The number of nitrogens with zero attached hydrogens (tertiary/aromatic N) is 1. The van der Waals surface area contributed by atoms with E-state index in [1.54, 1.807) is 26.0 Å². The van der Waals surface area contributed by atoms with Crippen LogP contribution in [0.15, 0.2) is 0 Å². The molecule has 37 heavy (non-hydrogen) atoms. The van der Waals surface area contributed by atoms with Gasteiger partial charge in [-0.2, -0.15) is 0 Å². The first-order valence-electron chi connectivity index (χ1n) is 13.8. The van der Waals surface area contributed by atoms with E-state index in [4.69, 9.17) is 21.1 Å². The first-order valence-corrected chi connectivity index (χ1v) is 15.1. The van der Waals surface area contributed by atoms with Gasteiger partial charge in [-0.25, -0.2) is 0 Å². The van der Waals surface area contributed by atoms with Gasteiger partial charge in [0.1, 0.15) is 11.7 Å². The van der Waals surface area contributed by atoms with Gasteiger partial charge in [0.2, 0.25) is 11.8 Å². The van der Waals surface area contributed by atoms with Crippen molar-refractivity contribution in [2.75, 3.05) is 46.9 Å². The van der Waals surface area contributed by atoms with Crippen LogP contribution >= 0.6 is 23.4 Å². The van der Waals surface area contributed by atoms with Gasteiger partial charge in [-0.3, -0.25) is 25.5 Å². The first-order chi connectivity index (χ1) is 17.9. The minimum atomic E-state index is -0.134. The van der Waals surface area contributed by atoms with Crippen molar-refractivity contribution >= 4 is 35.2 Å². The standard InChI is InChI=1S/C25H43ClN6O4S/c1-13-6-15(16-7-21(26)28-10-19(16)35-2)17(9-27-13)23(33)31-25-30-18-11-32(12-20(18)37-25)24(34)14-4-5-22(36-3)29-8-14/h13-22,25,27-30H,4-12H2,1-3H3,(H,31,33). The summed E-state index contributed by atoms with van der Waals surface area (Å²) in [5.41, 5.74) is -0.223. The molecule has 5 rings (SSSR count). The third-order valence-corrected chi connectivity index (χ3v) is 10.7. The molecule has 5 aliphatic rings. The summed E-state index contributed by atoms with van der Waals surface area (Å²) in [4.78, 5) is 28.7. The second kappa shape index (κ2) is 12.2. The molecule has 0 aliphatic carbocycles. The maximum absolute atomic E-state index is 13.6. The molecule has 0 aromatic heterocycles. The number of methoxy groups -OCH3 is 2. The number of nitrogens with one attached hydrogen (secondary N) is 5. The molecule has 11 unspecified atom stereocenters. The summed E-state index contributed by atoms with van der Waals surface area (Å²) < 4.78 is 11.2. The Balaban J connectivity index is 1.14. The lowest BCUT2D eigenvalue weighted by molar-refractivity contribution is -0.136. The third kappa shape index (κ3) is 6.24. The van der Waals surface area contributed by atoms with Gasteiger partial charge in [-0.05, 0) is 44.4 Å². The Morgan fingerprint density at radius 2 is 1.84 bits per heavy atom. The zero-order valence-corrected chi connectivity index (χ0v) is 23.7. The summed E-state index contributed by atoms with van der Waals surface area (Å²) in [5, 5.41) is 17.3. The van der Waals surface area contributed by atoms with Crippen LogP contribution in [-0.2, 0) is 19.1 Å². The summed E-state index contributed by atoms with van der Waals surface area (Å²) in [6.45, 7) is 5.65. The van der Waals surface area contributed by atoms with Gasteiger partial charge < -0.3 is 25.0 Å². The Kier molecular flexibility index (Phi) is 9.23. The Morgan fingerprint density at radius 3 is 2.54 bits per heavy atom. The fourth-order valence-corrected chi connectivity index (χ4v) is 8.65. The van der Waals surface area contributed by atoms with Crippen molar-refractivity contribution in [1.82, 2.24) is 31.5 Å². The molecule has 10 nitrogen and oxygen atoms in total. The third-order valence-electron chi connectivity index (χ3n) is 9.05. The molecule has 0 aromatic carbocycles. The van der Waals surface area contributed by atoms with Gasteiger partial charge in [0.15, 0.2) is 0 Å². The van der Waals surface area contributed by atoms with E-state index < -0.39 is 0 Å². The Bertz CT molecular complexity index is 806. The fourth-order valence-electron chi connectivity index (χ4n) is 6.95. The second-order valence-corrected chi connectivity index (χ2v) is 13.2. The molecule has 5 saturated heterocycles. The number of hydrogen-bond acceptors (Lipinski definition) is 9. The smallest absolute Gasteiger partial charge is 0.227 e. The highest BCUT2D eigenvalue weighted by molar-refractivity contribution is 8.00. The molecule has 0 spiro atoms. The number of fused-ring (bicyclic) bond motifs is 1. The molecular formula is C25H43ClN6O4S. The van der Waals surface area contributed by atoms with Crippen molar-refractivity contribution < 1.29 is 19.1 Å². The molecule has 0 saturated carbocycles. The highest BCUT2D eigenvalue weighted by atomic mass is 35.5. The van der Waals surface area contributed by atoms with E-state index in [2.05, 4.69) is 33.5 Å². The SMILES string of the molecule is COC1CCC(C(=O)N2CC3NC(NC(=O)C4CNC(C)CC4C4CC(Cl)NCC4OC)SC3C2)CN1. The van der Waals surface area contributed by atoms with Gasteiger partial charge in [0.05, 0.1) is 23.4 Å². The molecule has 5 N–H and O–H groups in total. The lowest BCUT2D eigenvalue weighted by atomic mass is 9.70. The molecule has 210 valence electrons. The number of thioether (sulfide) groups is 1. The maximum Gasteiger partial charge on any atom is 0.227 e. The van der Waals surface area contributed by atoms with Crippen molar-refractivity contribution in [2.45, 2.75) is 73.3 Å². The van der Waals surface area contributed by atoms with E-state index in [1.165, 1.54) is 0 Å². The summed E-state index contributed by atoms with van der Waals surface area (Å²) in [6, 6.07) is 0.555. The Labute approximate surface area is 229 Å². The van der Waals surface area contributed by atoms with Crippen LogP contribution in [0, 0.1) is 23.7 Å². The topological polar surface area (TPSA) is 116 Å². The van der Waals surface area contributed by atoms with Crippen molar-refractivity contribution in [3.63, 3.8) is 0 Å². The largest absolute Gasteiger partial charge is 0.380 e. The number of hydrogen-bond donors (Lipinski definition) is 5. The normalized spacial score (nSPS) is 44.4. The molecule has 5 heterocycles. The number of likely N-dealkylation sites (tertiary alicyclic amines) is 1. The van der Waals surface area contributed by atoms with Crippen LogP contribution in [0.1, 0.15) is 32.6 Å². The highest BCUT2D eigenvalue weighted by Crippen LogP contribution is 2.38. The fraction of sp³-hybridized carbons (Fsp3) is 0.920. The van der Waals surface area contributed by atoms with Crippen LogP contribution < -0.4 is 26.6 Å². The van der Waals surface area contributed by atoms with Crippen molar-refractivity contribution in [1.29, 1.82) is 0 Å². The quantitative estimate of drug-likeness (QED) is 0.228. The molecule has 0 radical (unpaired) electrons. The predicted molar refractivity (Wildman–Crippen MR) is 144 cm³/mol. The molecule has 5 aliphatic heterocycles. The van der Waals surface area contributed by atoms with Crippen LogP contribution in [0.25, 0.3) is 0 Å². The van der Waals surface area contributed by atoms with Gasteiger partial charge in [-0.1, -0.05) is 0 Å². The van der Waals surface area contributed by atoms with Gasteiger partial charge in [0.25, 0.3) is 0 Å². The van der Waals surface area contributed by atoms with Crippen LogP contribution in [0.4, 0.5) is 0 Å². The number of rotatable bonds is 6. The predicted octanol–water partition coefficient (Wildman–Crippen LogP) is 0.0777. The lowest BCUT2D eigenvalue weighted by Crippen LogP contribution is -2.57. The van der Waals surface area contributed by atoms with Crippen molar-refractivity contribution in [3.8, 4) is 0 Å². The molecule has 11 atom stereocenters. The summed E-state index contributed by atoms with van der Waals surface area (Å²) in [6.07, 6.45) is 3.56. The van der Waals surface area contributed by atoms with Crippen LogP contribution in [0.5, 0.6) is 0 Å². The summed E-state index contributed by atoms with van der Waals surface area (Å²) >= 11 is 8.21. The number of ether oxygens (including phenoxy) is 2. The van der Waals surface area contributed by atoms with E-state index in [9.17, 15) is 9.59 Å². The Morgan fingerprint density at radius 1 is 1.00 bits per heavy atom. The number of halogens is 1. The monoisotopic (exact) mass is 558 g/mol. The zero-order valence-electron chi connectivity index (χ0n) is 22.1. The van der Waals surface area contributed by atoms with E-state index in [0.717, 1.165) is 32.2 Å². The van der Waals surface area contributed by atoms with E-state index in [0.29, 0.717) is 32.2 Å². The molecular weight excluding hydrogens is 516 g/mol.